The van der Waals surface area contributed by atoms with Gasteiger partial charge in [0.1, 0.15) is 0 Å². The number of nitrogens with zero attached hydrogens (tertiary/aromatic N) is 3. The molecule has 27 heavy (non-hydrogen) atoms. The minimum atomic E-state index is -0.409. The summed E-state index contributed by atoms with van der Waals surface area (Å²) in [7, 11) is 1.49. The molecule has 0 saturated heterocycles. The molecule has 0 atom stereocenters. The Morgan fingerprint density at radius 3 is 2.59 bits per heavy atom. The van der Waals surface area contributed by atoms with Crippen molar-refractivity contribution in [2.24, 2.45) is 0 Å². The number of hydrogen-bond acceptors (Lipinski definition) is 5. The first-order chi connectivity index (χ1) is 12.9. The number of anilines is 1. The van der Waals surface area contributed by atoms with Gasteiger partial charge in [-0.15, -0.1) is 0 Å². The molecule has 2 heterocycles. The molecule has 2 aromatic heterocycles. The van der Waals surface area contributed by atoms with E-state index in [0.29, 0.717) is 22.8 Å². The lowest BCUT2D eigenvalue weighted by Gasteiger charge is -2.09. The van der Waals surface area contributed by atoms with E-state index < -0.39 is 5.91 Å². The average Bonchev–Trinajstić information content (AvgIpc) is 3.05. The molecule has 2 amide bonds. The average molecular weight is 387 g/mol. The van der Waals surface area contributed by atoms with Gasteiger partial charge in [0.15, 0.2) is 5.82 Å². The van der Waals surface area contributed by atoms with Crippen LogP contribution in [0.15, 0.2) is 41.3 Å². The molecule has 0 aliphatic carbocycles. The van der Waals surface area contributed by atoms with Crippen LogP contribution in [0.3, 0.4) is 0 Å². The SMILES string of the molecule is CNC(=O)c1cc(NC(=O)c2cnn(-c3ccc(=O)[nH]n3)c2C)ccc1Cl. The Morgan fingerprint density at radius 1 is 1.15 bits per heavy atom. The largest absolute Gasteiger partial charge is 0.355 e. The van der Waals surface area contributed by atoms with Gasteiger partial charge in [-0.05, 0) is 31.2 Å². The molecule has 0 aliphatic rings. The number of halogens is 1. The second kappa shape index (κ2) is 7.42. The fourth-order valence-electron chi connectivity index (χ4n) is 2.43. The highest BCUT2D eigenvalue weighted by Gasteiger charge is 2.17. The minimum absolute atomic E-state index is 0.252. The summed E-state index contributed by atoms with van der Waals surface area (Å²) in [6.45, 7) is 1.70. The summed E-state index contributed by atoms with van der Waals surface area (Å²) in [6.07, 6.45) is 1.40. The standard InChI is InChI=1S/C17H15ClN6O3/c1-9-12(8-20-24(9)14-5-6-15(25)23-22-14)17(27)21-10-3-4-13(18)11(7-10)16(26)19-2/h3-8H,1-2H3,(H,19,26)(H,21,27)(H,23,25). The van der Waals surface area contributed by atoms with Crippen LogP contribution in [0.25, 0.3) is 5.82 Å². The quantitative estimate of drug-likeness (QED) is 0.627. The maximum absolute atomic E-state index is 12.6. The van der Waals surface area contributed by atoms with Gasteiger partial charge in [0, 0.05) is 18.8 Å². The zero-order chi connectivity index (χ0) is 19.6. The number of aromatic nitrogens is 4. The normalized spacial score (nSPS) is 10.5. The summed E-state index contributed by atoms with van der Waals surface area (Å²) in [5.41, 5.74) is 1.18. The highest BCUT2D eigenvalue weighted by molar-refractivity contribution is 6.34. The number of nitrogens with one attached hydrogen (secondary N) is 3. The summed E-state index contributed by atoms with van der Waals surface area (Å²) in [5.74, 6) is -0.392. The fraction of sp³-hybridized carbons (Fsp3) is 0.118. The molecule has 0 saturated carbocycles. The van der Waals surface area contributed by atoms with E-state index in [2.05, 4.69) is 25.9 Å². The first kappa shape index (κ1) is 18.3. The summed E-state index contributed by atoms with van der Waals surface area (Å²) in [4.78, 5) is 35.5. The van der Waals surface area contributed by atoms with E-state index in [4.69, 9.17) is 11.6 Å². The van der Waals surface area contributed by atoms with Gasteiger partial charge in [0.05, 0.1) is 28.0 Å². The number of H-pyrrole nitrogens is 1. The third-order valence-electron chi connectivity index (χ3n) is 3.83. The maximum Gasteiger partial charge on any atom is 0.264 e. The summed E-state index contributed by atoms with van der Waals surface area (Å²) in [6, 6.07) is 7.42. The first-order valence-electron chi connectivity index (χ1n) is 7.84. The maximum atomic E-state index is 12.6. The molecule has 3 N–H and O–H groups in total. The van der Waals surface area contributed by atoms with Gasteiger partial charge in [0.25, 0.3) is 17.4 Å². The third-order valence-corrected chi connectivity index (χ3v) is 4.16. The Balaban J connectivity index is 1.86. The van der Waals surface area contributed by atoms with Gasteiger partial charge in [-0.1, -0.05) is 11.6 Å². The van der Waals surface area contributed by atoms with E-state index in [0.717, 1.165) is 0 Å². The predicted molar refractivity (Wildman–Crippen MR) is 99.5 cm³/mol. The Bertz CT molecular complexity index is 1070. The van der Waals surface area contributed by atoms with E-state index >= 15 is 0 Å². The lowest BCUT2D eigenvalue weighted by molar-refractivity contribution is 0.0961. The molecule has 0 fully saturated rings. The molecule has 9 nitrogen and oxygen atoms in total. The van der Waals surface area contributed by atoms with Gasteiger partial charge in [-0.2, -0.15) is 10.2 Å². The molecule has 138 valence electrons. The zero-order valence-corrected chi connectivity index (χ0v) is 15.2. The lowest BCUT2D eigenvalue weighted by atomic mass is 10.1. The van der Waals surface area contributed by atoms with Gasteiger partial charge in [0.2, 0.25) is 0 Å². The molecule has 1 aromatic carbocycles. The molecular weight excluding hydrogens is 372 g/mol. The van der Waals surface area contributed by atoms with Crippen molar-refractivity contribution in [3.05, 3.63) is 68.7 Å². The smallest absolute Gasteiger partial charge is 0.264 e. The monoisotopic (exact) mass is 386 g/mol. The highest BCUT2D eigenvalue weighted by atomic mass is 35.5. The number of hydrogen-bond donors (Lipinski definition) is 3. The number of carbonyl (C=O) groups is 2. The molecule has 3 aromatic rings. The van der Waals surface area contributed by atoms with Crippen molar-refractivity contribution in [1.29, 1.82) is 0 Å². The number of benzene rings is 1. The van der Waals surface area contributed by atoms with E-state index in [1.165, 1.54) is 42.2 Å². The number of aromatic amines is 1. The number of rotatable bonds is 4. The van der Waals surface area contributed by atoms with Crippen LogP contribution >= 0.6 is 11.6 Å². The molecule has 0 aliphatic heterocycles. The molecule has 3 rings (SSSR count). The van der Waals surface area contributed by atoms with Gasteiger partial charge in [-0.3, -0.25) is 14.4 Å². The van der Waals surface area contributed by atoms with Crippen molar-refractivity contribution in [3.63, 3.8) is 0 Å². The van der Waals surface area contributed by atoms with E-state index in [9.17, 15) is 14.4 Å². The molecular formula is C17H15ClN6O3. The lowest BCUT2D eigenvalue weighted by Crippen LogP contribution is -2.19. The van der Waals surface area contributed by atoms with Crippen LogP contribution < -0.4 is 16.2 Å². The highest BCUT2D eigenvalue weighted by Crippen LogP contribution is 2.21. The Hall–Kier alpha value is -3.46. The van der Waals surface area contributed by atoms with Crippen LogP contribution in [0.5, 0.6) is 0 Å². The van der Waals surface area contributed by atoms with Crippen molar-refractivity contribution < 1.29 is 9.59 Å². The van der Waals surface area contributed by atoms with E-state index in [-0.39, 0.29) is 22.1 Å². The molecule has 0 spiro atoms. The zero-order valence-electron chi connectivity index (χ0n) is 14.4. The van der Waals surface area contributed by atoms with Crippen LogP contribution in [0.1, 0.15) is 26.4 Å². The second-order valence-corrected chi connectivity index (χ2v) is 5.97. The van der Waals surface area contributed by atoms with E-state index in [1.54, 1.807) is 13.0 Å². The molecule has 10 heteroatoms. The molecule has 0 bridgehead atoms. The third kappa shape index (κ3) is 3.72. The number of carbonyl (C=O) groups excluding carboxylic acids is 2. The fourth-order valence-corrected chi connectivity index (χ4v) is 2.63. The molecule has 0 unspecified atom stereocenters. The van der Waals surface area contributed by atoms with Gasteiger partial charge < -0.3 is 10.6 Å². The Labute approximate surface area is 158 Å². The van der Waals surface area contributed by atoms with Crippen LogP contribution in [0.2, 0.25) is 5.02 Å². The van der Waals surface area contributed by atoms with Crippen LogP contribution in [0.4, 0.5) is 5.69 Å². The van der Waals surface area contributed by atoms with Crippen molar-refractivity contribution in [3.8, 4) is 5.82 Å². The van der Waals surface area contributed by atoms with Crippen LogP contribution in [0, 0.1) is 6.92 Å². The van der Waals surface area contributed by atoms with E-state index in [1.807, 2.05) is 0 Å². The number of amides is 2. The topological polar surface area (TPSA) is 122 Å². The van der Waals surface area contributed by atoms with Crippen molar-refractivity contribution >= 4 is 29.1 Å². The Kier molecular flexibility index (Phi) is 5.04. The Morgan fingerprint density at radius 2 is 1.93 bits per heavy atom. The summed E-state index contributed by atoms with van der Waals surface area (Å²) in [5, 5.41) is 15.8. The van der Waals surface area contributed by atoms with Crippen molar-refractivity contribution in [1.82, 2.24) is 25.3 Å². The predicted octanol–water partition coefficient (Wildman–Crippen LogP) is 1.53. The van der Waals surface area contributed by atoms with Gasteiger partial charge >= 0.3 is 0 Å². The van der Waals surface area contributed by atoms with Crippen LogP contribution in [-0.2, 0) is 0 Å². The van der Waals surface area contributed by atoms with Crippen molar-refractivity contribution in [2.45, 2.75) is 6.92 Å². The summed E-state index contributed by atoms with van der Waals surface area (Å²) >= 11 is 6.01. The summed E-state index contributed by atoms with van der Waals surface area (Å²) < 4.78 is 1.43. The molecule has 0 radical (unpaired) electrons. The van der Waals surface area contributed by atoms with Crippen LogP contribution in [-0.4, -0.2) is 38.8 Å². The first-order valence-corrected chi connectivity index (χ1v) is 8.22. The van der Waals surface area contributed by atoms with Gasteiger partial charge in [-0.25, -0.2) is 9.78 Å². The minimum Gasteiger partial charge on any atom is -0.355 e. The second-order valence-electron chi connectivity index (χ2n) is 5.56. The van der Waals surface area contributed by atoms with Crippen molar-refractivity contribution in [2.75, 3.05) is 12.4 Å².